The van der Waals surface area contributed by atoms with Crippen LogP contribution in [0.1, 0.15) is 5.56 Å². The van der Waals surface area contributed by atoms with Gasteiger partial charge in [0.25, 0.3) is 0 Å². The third kappa shape index (κ3) is 3.03. The molecule has 0 spiro atoms. The van der Waals surface area contributed by atoms with Crippen LogP contribution in [0.2, 0.25) is 0 Å². The molecular formula is C12H11N5O4. The average molecular weight is 289 g/mol. The predicted molar refractivity (Wildman–Crippen MR) is 72.8 cm³/mol. The molecule has 0 radical (unpaired) electrons. The molecule has 0 aliphatic rings. The highest BCUT2D eigenvalue weighted by atomic mass is 16.6. The molecule has 0 aliphatic heterocycles. The normalized spacial score (nSPS) is 9.95. The zero-order valence-electron chi connectivity index (χ0n) is 10.9. The van der Waals surface area contributed by atoms with E-state index in [9.17, 15) is 10.1 Å². The maximum Gasteiger partial charge on any atom is 0.314 e. The Morgan fingerprint density at radius 1 is 1.43 bits per heavy atom. The van der Waals surface area contributed by atoms with Gasteiger partial charge in [0.05, 0.1) is 29.9 Å². The molecule has 2 aromatic rings. The van der Waals surface area contributed by atoms with Gasteiger partial charge in [0.1, 0.15) is 11.6 Å². The number of amidine groups is 1. The number of nitro benzene ring substituents is 1. The van der Waals surface area contributed by atoms with Crippen molar-refractivity contribution in [1.29, 1.82) is 5.41 Å². The van der Waals surface area contributed by atoms with Gasteiger partial charge in [-0.1, -0.05) is 0 Å². The van der Waals surface area contributed by atoms with Crippen LogP contribution >= 0.6 is 0 Å². The van der Waals surface area contributed by atoms with Crippen LogP contribution in [0.5, 0.6) is 17.4 Å². The predicted octanol–water partition coefficient (Wildman–Crippen LogP) is 1.47. The molecule has 0 saturated carbocycles. The Kier molecular flexibility index (Phi) is 3.93. The molecule has 0 unspecified atom stereocenters. The van der Waals surface area contributed by atoms with E-state index >= 15 is 0 Å². The van der Waals surface area contributed by atoms with Crippen LogP contribution in [0.3, 0.4) is 0 Å². The zero-order valence-corrected chi connectivity index (χ0v) is 10.9. The fourth-order valence-electron chi connectivity index (χ4n) is 1.59. The first-order valence-corrected chi connectivity index (χ1v) is 5.69. The minimum atomic E-state index is -0.589. The Morgan fingerprint density at radius 2 is 2.19 bits per heavy atom. The van der Waals surface area contributed by atoms with E-state index in [2.05, 4.69) is 10.2 Å². The van der Waals surface area contributed by atoms with E-state index in [4.69, 9.17) is 20.6 Å². The highest BCUT2D eigenvalue weighted by Gasteiger charge is 2.17. The molecule has 21 heavy (non-hydrogen) atoms. The van der Waals surface area contributed by atoms with Crippen LogP contribution in [0.25, 0.3) is 0 Å². The van der Waals surface area contributed by atoms with Crippen molar-refractivity contribution in [3.63, 3.8) is 0 Å². The van der Waals surface area contributed by atoms with Crippen LogP contribution < -0.4 is 15.2 Å². The number of nitro groups is 1. The third-order valence-corrected chi connectivity index (χ3v) is 2.54. The lowest BCUT2D eigenvalue weighted by Gasteiger charge is -2.08. The molecule has 2 rings (SSSR count). The van der Waals surface area contributed by atoms with Crippen LogP contribution in [0, 0.1) is 15.5 Å². The summed E-state index contributed by atoms with van der Waals surface area (Å²) in [5.74, 6) is 0.0103. The number of hydrogen-bond acceptors (Lipinski definition) is 7. The standard InChI is InChI=1S/C12H11N5O4/c1-20-10-3-2-7(6-9(10)17(18)19)21-12-8(11(13)14)4-5-15-16-12/h2-6H,1H3,(H3,13,14). The highest BCUT2D eigenvalue weighted by molar-refractivity contribution is 5.96. The van der Waals surface area contributed by atoms with Gasteiger partial charge in [0, 0.05) is 0 Å². The summed E-state index contributed by atoms with van der Waals surface area (Å²) in [5.41, 5.74) is 5.39. The van der Waals surface area contributed by atoms with Gasteiger partial charge in [-0.15, -0.1) is 5.10 Å². The van der Waals surface area contributed by atoms with Crippen molar-refractivity contribution >= 4 is 11.5 Å². The molecule has 9 nitrogen and oxygen atoms in total. The van der Waals surface area contributed by atoms with E-state index in [1.54, 1.807) is 0 Å². The van der Waals surface area contributed by atoms with Gasteiger partial charge in [0.15, 0.2) is 5.75 Å². The molecule has 1 aromatic carbocycles. The Bertz CT molecular complexity index is 704. The molecule has 0 fully saturated rings. The van der Waals surface area contributed by atoms with Gasteiger partial charge < -0.3 is 15.2 Å². The Hall–Kier alpha value is -3.23. The summed E-state index contributed by atoms with van der Waals surface area (Å²) >= 11 is 0. The highest BCUT2D eigenvalue weighted by Crippen LogP contribution is 2.32. The monoisotopic (exact) mass is 289 g/mol. The SMILES string of the molecule is COc1ccc(Oc2nnccc2C(=N)N)cc1[N+](=O)[O-]. The van der Waals surface area contributed by atoms with Gasteiger partial charge in [-0.25, -0.2) is 0 Å². The molecule has 0 atom stereocenters. The first-order chi connectivity index (χ1) is 10.0. The molecule has 0 amide bonds. The van der Waals surface area contributed by atoms with Crippen LogP contribution in [-0.2, 0) is 0 Å². The molecule has 9 heteroatoms. The number of nitrogens with zero attached hydrogens (tertiary/aromatic N) is 3. The number of methoxy groups -OCH3 is 1. The second-order valence-electron chi connectivity index (χ2n) is 3.86. The lowest BCUT2D eigenvalue weighted by Crippen LogP contribution is -2.13. The molecule has 0 bridgehead atoms. The van der Waals surface area contributed by atoms with E-state index < -0.39 is 4.92 Å². The third-order valence-electron chi connectivity index (χ3n) is 2.54. The summed E-state index contributed by atoms with van der Waals surface area (Å²) in [4.78, 5) is 10.4. The van der Waals surface area contributed by atoms with Crippen molar-refractivity contribution in [2.45, 2.75) is 0 Å². The van der Waals surface area contributed by atoms with Crippen LogP contribution in [0.15, 0.2) is 30.5 Å². The van der Waals surface area contributed by atoms with E-state index in [0.717, 1.165) is 0 Å². The Labute approximate surface area is 119 Å². The van der Waals surface area contributed by atoms with Gasteiger partial charge in [-0.2, -0.15) is 5.10 Å². The number of nitrogen functional groups attached to an aromatic ring is 1. The Morgan fingerprint density at radius 3 is 2.81 bits per heavy atom. The summed E-state index contributed by atoms with van der Waals surface area (Å²) in [6.07, 6.45) is 1.36. The molecular weight excluding hydrogens is 278 g/mol. The summed E-state index contributed by atoms with van der Waals surface area (Å²) in [7, 11) is 1.33. The van der Waals surface area contributed by atoms with E-state index in [-0.39, 0.29) is 34.5 Å². The number of nitrogens with two attached hydrogens (primary N) is 1. The molecule has 1 heterocycles. The quantitative estimate of drug-likeness (QED) is 0.368. The van der Waals surface area contributed by atoms with Crippen molar-refractivity contribution in [1.82, 2.24) is 10.2 Å². The maximum absolute atomic E-state index is 10.9. The van der Waals surface area contributed by atoms with Gasteiger partial charge in [-0.3, -0.25) is 15.5 Å². The molecule has 3 N–H and O–H groups in total. The minimum absolute atomic E-state index is 0.00975. The fraction of sp³-hybridized carbons (Fsp3) is 0.0833. The smallest absolute Gasteiger partial charge is 0.314 e. The van der Waals surface area contributed by atoms with Gasteiger partial charge in [-0.05, 0) is 18.2 Å². The summed E-state index contributed by atoms with van der Waals surface area (Å²) in [6, 6.07) is 5.53. The summed E-state index contributed by atoms with van der Waals surface area (Å²) < 4.78 is 10.3. The topological polar surface area (TPSA) is 137 Å². The number of hydrogen-bond donors (Lipinski definition) is 2. The average Bonchev–Trinajstić information content (AvgIpc) is 2.47. The van der Waals surface area contributed by atoms with Crippen LogP contribution in [0.4, 0.5) is 5.69 Å². The van der Waals surface area contributed by atoms with Crippen molar-refractivity contribution in [2.24, 2.45) is 5.73 Å². The first kappa shape index (κ1) is 14.2. The minimum Gasteiger partial charge on any atom is -0.490 e. The lowest BCUT2D eigenvalue weighted by molar-refractivity contribution is -0.385. The number of aromatic nitrogens is 2. The lowest BCUT2D eigenvalue weighted by atomic mass is 10.2. The van der Waals surface area contributed by atoms with Gasteiger partial charge >= 0.3 is 5.69 Å². The maximum atomic E-state index is 10.9. The van der Waals surface area contributed by atoms with Crippen molar-refractivity contribution in [3.05, 3.63) is 46.1 Å². The molecule has 1 aromatic heterocycles. The number of nitrogens with one attached hydrogen (secondary N) is 1. The number of ether oxygens (including phenoxy) is 2. The van der Waals surface area contributed by atoms with E-state index in [1.807, 2.05) is 0 Å². The second kappa shape index (κ2) is 5.82. The van der Waals surface area contributed by atoms with Crippen molar-refractivity contribution < 1.29 is 14.4 Å². The van der Waals surface area contributed by atoms with E-state index in [0.29, 0.717) is 0 Å². The largest absolute Gasteiger partial charge is 0.490 e. The number of rotatable bonds is 5. The molecule has 0 aliphatic carbocycles. The van der Waals surface area contributed by atoms with E-state index in [1.165, 1.54) is 37.6 Å². The summed E-state index contributed by atoms with van der Waals surface area (Å²) in [6.45, 7) is 0. The van der Waals surface area contributed by atoms with Crippen LogP contribution in [-0.4, -0.2) is 28.1 Å². The van der Waals surface area contributed by atoms with Crippen molar-refractivity contribution in [2.75, 3.05) is 7.11 Å². The van der Waals surface area contributed by atoms with Gasteiger partial charge in [0.2, 0.25) is 5.88 Å². The first-order valence-electron chi connectivity index (χ1n) is 5.69. The van der Waals surface area contributed by atoms with Crippen molar-refractivity contribution in [3.8, 4) is 17.4 Å². The zero-order chi connectivity index (χ0) is 15.4. The molecule has 108 valence electrons. The fourth-order valence-corrected chi connectivity index (χ4v) is 1.59. The number of benzene rings is 1. The molecule has 0 saturated heterocycles. The Balaban J connectivity index is 2.39. The second-order valence-corrected chi connectivity index (χ2v) is 3.86. The summed E-state index contributed by atoms with van der Waals surface area (Å²) in [5, 5.41) is 25.7.